The molecular formula is C22H35NO2SSn. The van der Waals surface area contributed by atoms with Gasteiger partial charge in [-0.15, -0.1) is 0 Å². The second-order valence-corrected chi connectivity index (χ2v) is 24.8. The Morgan fingerprint density at radius 3 is 2.11 bits per heavy atom. The van der Waals surface area contributed by atoms with Gasteiger partial charge >= 0.3 is 170 Å². The van der Waals surface area contributed by atoms with Crippen molar-refractivity contribution in [1.82, 2.24) is 4.31 Å². The Morgan fingerprint density at radius 1 is 1.00 bits per heavy atom. The molecule has 1 aromatic rings. The van der Waals surface area contributed by atoms with E-state index in [9.17, 15) is 8.42 Å². The van der Waals surface area contributed by atoms with Gasteiger partial charge in [0.05, 0.1) is 0 Å². The first kappa shape index (κ1) is 20.2. The van der Waals surface area contributed by atoms with Crippen LogP contribution in [0.2, 0.25) is 13.3 Å². The molecule has 2 heterocycles. The van der Waals surface area contributed by atoms with Gasteiger partial charge in [0, 0.05) is 0 Å². The Balaban J connectivity index is 1.82. The van der Waals surface area contributed by atoms with Crippen molar-refractivity contribution in [3.63, 3.8) is 0 Å². The average Bonchev–Trinajstić information content (AvgIpc) is 3.23. The van der Waals surface area contributed by atoms with Gasteiger partial charge < -0.3 is 0 Å². The molecule has 5 heteroatoms. The Labute approximate surface area is 169 Å². The monoisotopic (exact) mass is 497 g/mol. The van der Waals surface area contributed by atoms with Crippen LogP contribution in [0.5, 0.6) is 0 Å². The third kappa shape index (κ3) is 2.64. The summed E-state index contributed by atoms with van der Waals surface area (Å²) in [6.45, 7) is 7.69. The van der Waals surface area contributed by atoms with Crippen LogP contribution in [0.4, 0.5) is 0 Å². The first-order valence-electron chi connectivity index (χ1n) is 11.1. The van der Waals surface area contributed by atoms with Crippen molar-refractivity contribution in [2.45, 2.75) is 87.0 Å². The van der Waals surface area contributed by atoms with E-state index in [4.69, 9.17) is 0 Å². The van der Waals surface area contributed by atoms with Crippen molar-refractivity contribution in [2.24, 2.45) is 5.92 Å². The second-order valence-electron chi connectivity index (χ2n) is 9.07. The quantitative estimate of drug-likeness (QED) is 0.399. The van der Waals surface area contributed by atoms with Crippen molar-refractivity contribution < 1.29 is 8.42 Å². The number of benzene rings is 1. The van der Waals surface area contributed by atoms with Crippen LogP contribution >= 0.6 is 0 Å². The summed E-state index contributed by atoms with van der Waals surface area (Å²) >= 11 is -2.70. The van der Waals surface area contributed by atoms with Crippen LogP contribution in [-0.4, -0.2) is 41.2 Å². The van der Waals surface area contributed by atoms with Crippen LogP contribution in [0.3, 0.4) is 0 Å². The molecule has 0 unspecified atom stereocenters. The predicted octanol–water partition coefficient (Wildman–Crippen LogP) is 5.55. The van der Waals surface area contributed by atoms with E-state index >= 15 is 0 Å². The Kier molecular flexibility index (Phi) is 5.48. The minimum atomic E-state index is -3.29. The fraction of sp³-hybridized carbons (Fsp3) is 0.727. The number of sulfonamides is 1. The van der Waals surface area contributed by atoms with Crippen LogP contribution in [-0.2, 0) is 10.0 Å². The molecule has 0 bridgehead atoms. The van der Waals surface area contributed by atoms with Gasteiger partial charge in [-0.05, 0) is 0 Å². The third-order valence-corrected chi connectivity index (χ3v) is 29.0. The van der Waals surface area contributed by atoms with E-state index in [0.717, 1.165) is 6.54 Å². The number of rotatable bonds is 10. The van der Waals surface area contributed by atoms with E-state index in [0.29, 0.717) is 16.7 Å². The molecule has 0 amide bonds. The summed E-state index contributed by atoms with van der Waals surface area (Å²) in [5.74, 6) is 1.16. The van der Waals surface area contributed by atoms with Crippen molar-refractivity contribution >= 4 is 28.4 Å². The summed E-state index contributed by atoms with van der Waals surface area (Å²) in [4.78, 5) is 0.618. The van der Waals surface area contributed by atoms with Crippen LogP contribution in [0.1, 0.15) is 70.8 Å². The van der Waals surface area contributed by atoms with E-state index in [1.54, 1.807) is 0 Å². The summed E-state index contributed by atoms with van der Waals surface area (Å²) in [5.41, 5.74) is 1.17. The third-order valence-electron chi connectivity index (χ3n) is 7.81. The molecule has 0 radical (unpaired) electrons. The molecule has 3 nitrogen and oxygen atoms in total. The van der Waals surface area contributed by atoms with Gasteiger partial charge in [-0.2, -0.15) is 0 Å². The summed E-state index contributed by atoms with van der Waals surface area (Å²) in [6.07, 6.45) is 7.64. The number of fused-ring (bicyclic) bond motifs is 3. The summed E-state index contributed by atoms with van der Waals surface area (Å²) < 4.78 is 33.4. The van der Waals surface area contributed by atoms with E-state index in [-0.39, 0.29) is 3.55 Å². The van der Waals surface area contributed by atoms with Gasteiger partial charge in [0.15, 0.2) is 0 Å². The van der Waals surface area contributed by atoms with E-state index in [2.05, 4.69) is 37.2 Å². The van der Waals surface area contributed by atoms with Crippen molar-refractivity contribution in [3.05, 3.63) is 29.8 Å². The average molecular weight is 496 g/mol. The normalized spacial score (nSPS) is 30.3. The predicted molar refractivity (Wildman–Crippen MR) is 114 cm³/mol. The molecule has 1 saturated carbocycles. The minimum absolute atomic E-state index is 0.0986. The Morgan fingerprint density at radius 2 is 1.56 bits per heavy atom. The number of nitrogens with zero attached hydrogens (tertiary/aromatic N) is 1. The Hall–Kier alpha value is -0.0713. The zero-order chi connectivity index (χ0) is 19.3. The molecule has 1 aliphatic carbocycles. The van der Waals surface area contributed by atoms with Gasteiger partial charge in [0.1, 0.15) is 0 Å². The van der Waals surface area contributed by atoms with Crippen LogP contribution in [0.25, 0.3) is 0 Å². The summed E-state index contributed by atoms with van der Waals surface area (Å²) in [7, 11) is -3.29. The first-order valence-corrected chi connectivity index (χ1v) is 20.0. The molecule has 1 aromatic carbocycles. The fourth-order valence-corrected chi connectivity index (χ4v) is 32.7. The van der Waals surface area contributed by atoms with Crippen LogP contribution in [0.15, 0.2) is 29.2 Å². The zero-order valence-electron chi connectivity index (χ0n) is 17.2. The maximum absolute atomic E-state index is 13.5. The molecular weight excluding hydrogens is 461 g/mol. The molecule has 150 valence electrons. The van der Waals surface area contributed by atoms with Gasteiger partial charge in [0.25, 0.3) is 0 Å². The molecule has 27 heavy (non-hydrogen) atoms. The molecule has 1 saturated heterocycles. The van der Waals surface area contributed by atoms with Gasteiger partial charge in [0.2, 0.25) is 0 Å². The number of hydrogen-bond donors (Lipinski definition) is 0. The van der Waals surface area contributed by atoms with E-state index < -0.39 is 28.4 Å². The van der Waals surface area contributed by atoms with Gasteiger partial charge in [-0.3, -0.25) is 0 Å². The molecule has 0 spiro atoms. The molecule has 3 atom stereocenters. The fourth-order valence-electron chi connectivity index (χ4n) is 6.60. The molecule has 0 N–H and O–H groups in total. The maximum atomic E-state index is 13.5. The topological polar surface area (TPSA) is 37.4 Å². The van der Waals surface area contributed by atoms with Gasteiger partial charge in [-0.1, -0.05) is 0 Å². The molecule has 2 fully saturated rings. The van der Waals surface area contributed by atoms with E-state index in [1.807, 2.05) is 12.1 Å². The summed E-state index contributed by atoms with van der Waals surface area (Å²) in [6, 6.07) is 7.93. The molecule has 2 aliphatic heterocycles. The molecule has 0 aromatic heterocycles. The standard InChI is InChI=1S/C10H8NO2S.3C4H9.Sn/c12-14(13)8-4-2-1-3-6(8)9-7-5-11(14)10(7)9;3*1-3-4-2;/h1-4,7,9H,5H2;3*1,3-4H2,2H3;/t7-,9+;;;;/m0..../s1. The Bertz CT molecular complexity index is 787. The molecule has 3 aliphatic rings. The van der Waals surface area contributed by atoms with Gasteiger partial charge in [-0.25, -0.2) is 0 Å². The van der Waals surface area contributed by atoms with E-state index in [1.165, 1.54) is 57.4 Å². The van der Waals surface area contributed by atoms with Crippen LogP contribution in [0, 0.1) is 5.92 Å². The number of unbranched alkanes of at least 4 members (excludes halogenated alkanes) is 3. The summed E-state index contributed by atoms with van der Waals surface area (Å²) in [5, 5.41) is 0. The second kappa shape index (κ2) is 7.32. The number of hydrogen-bond acceptors (Lipinski definition) is 2. The van der Waals surface area contributed by atoms with Crippen LogP contribution < -0.4 is 0 Å². The SMILES string of the molecule is CCC[CH2][Sn]([CH2]CCC)([CH2]CCC)[C@]12[C@@H]3c4ccccc4S(=O)(=O)N1C[C@@H]32. The zero-order valence-corrected chi connectivity index (χ0v) is 20.9. The van der Waals surface area contributed by atoms with Crippen molar-refractivity contribution in [1.29, 1.82) is 0 Å². The van der Waals surface area contributed by atoms with Crippen molar-refractivity contribution in [2.75, 3.05) is 6.54 Å². The first-order chi connectivity index (χ1) is 13.0. The molecule has 4 rings (SSSR count). The van der Waals surface area contributed by atoms with Crippen molar-refractivity contribution in [3.8, 4) is 0 Å².